The molecule has 1 amide bonds. The van der Waals surface area contributed by atoms with Crippen LogP contribution in [0, 0.1) is 0 Å². The van der Waals surface area contributed by atoms with Crippen molar-refractivity contribution in [1.29, 1.82) is 0 Å². The van der Waals surface area contributed by atoms with E-state index in [0.29, 0.717) is 44.4 Å². The van der Waals surface area contributed by atoms with E-state index in [4.69, 9.17) is 14.2 Å². The van der Waals surface area contributed by atoms with Gasteiger partial charge in [0, 0.05) is 19.2 Å². The van der Waals surface area contributed by atoms with Gasteiger partial charge in [0.05, 0.1) is 20.3 Å². The average Bonchev–Trinajstić information content (AvgIpc) is 2.58. The van der Waals surface area contributed by atoms with Crippen molar-refractivity contribution in [3.63, 3.8) is 0 Å². The molecule has 0 saturated carbocycles. The summed E-state index contributed by atoms with van der Waals surface area (Å²) in [5.74, 6) is 1.27. The first-order valence-electron chi connectivity index (χ1n) is 7.21. The molecule has 1 fully saturated rings. The van der Waals surface area contributed by atoms with Gasteiger partial charge in [-0.15, -0.1) is 0 Å². The maximum Gasteiger partial charge on any atom is 0.246 e. The smallest absolute Gasteiger partial charge is 0.246 e. The molecule has 1 aromatic rings. The predicted molar refractivity (Wildman–Crippen MR) is 85.1 cm³/mol. The molecule has 22 heavy (non-hydrogen) atoms. The summed E-state index contributed by atoms with van der Waals surface area (Å²) in [5, 5.41) is 0. The summed E-state index contributed by atoms with van der Waals surface area (Å²) in [6, 6.07) is 5.53. The minimum Gasteiger partial charge on any atom is -0.493 e. The number of hydrogen-bond acceptors (Lipinski definition) is 4. The van der Waals surface area contributed by atoms with E-state index in [1.807, 2.05) is 18.2 Å². The largest absolute Gasteiger partial charge is 0.493 e. The summed E-state index contributed by atoms with van der Waals surface area (Å²) < 4.78 is 16.0. The van der Waals surface area contributed by atoms with Crippen molar-refractivity contribution in [3.8, 4) is 11.5 Å². The lowest BCUT2D eigenvalue weighted by Gasteiger charge is -2.25. The molecular weight excluding hydrogens is 282 g/mol. The molecule has 118 valence electrons. The van der Waals surface area contributed by atoms with Gasteiger partial charge >= 0.3 is 0 Å². The van der Waals surface area contributed by atoms with Crippen LogP contribution in [0.1, 0.15) is 5.56 Å². The molecule has 0 radical (unpaired) electrons. The molecule has 2 rings (SSSR count). The predicted octanol–water partition coefficient (Wildman–Crippen LogP) is 2.13. The van der Waals surface area contributed by atoms with Crippen molar-refractivity contribution >= 4 is 12.0 Å². The van der Waals surface area contributed by atoms with Gasteiger partial charge in [-0.25, -0.2) is 0 Å². The molecule has 0 spiro atoms. The second-order valence-corrected chi connectivity index (χ2v) is 4.78. The molecule has 0 aliphatic carbocycles. The van der Waals surface area contributed by atoms with Crippen LogP contribution in [0.2, 0.25) is 0 Å². The lowest BCUT2D eigenvalue weighted by Crippen LogP contribution is -2.39. The van der Waals surface area contributed by atoms with Crippen molar-refractivity contribution in [2.24, 2.45) is 0 Å². The summed E-state index contributed by atoms with van der Waals surface area (Å²) in [4.78, 5) is 13.8. The van der Waals surface area contributed by atoms with Crippen molar-refractivity contribution in [2.75, 3.05) is 40.0 Å². The number of hydrogen-bond donors (Lipinski definition) is 0. The summed E-state index contributed by atoms with van der Waals surface area (Å²) in [5.41, 5.74) is 0.879. The molecule has 0 unspecified atom stereocenters. The molecular formula is C17H21NO4. The van der Waals surface area contributed by atoms with E-state index in [0.717, 1.165) is 5.56 Å². The third-order valence-corrected chi connectivity index (χ3v) is 3.29. The first-order chi connectivity index (χ1) is 10.7. The van der Waals surface area contributed by atoms with E-state index in [1.54, 1.807) is 30.2 Å². The zero-order valence-corrected chi connectivity index (χ0v) is 12.8. The van der Waals surface area contributed by atoms with Crippen molar-refractivity contribution in [1.82, 2.24) is 4.90 Å². The first-order valence-corrected chi connectivity index (χ1v) is 7.21. The van der Waals surface area contributed by atoms with Gasteiger partial charge in [-0.3, -0.25) is 4.79 Å². The fourth-order valence-corrected chi connectivity index (χ4v) is 2.11. The van der Waals surface area contributed by atoms with Crippen LogP contribution in [0.25, 0.3) is 6.08 Å². The number of ether oxygens (including phenoxy) is 3. The van der Waals surface area contributed by atoms with Crippen LogP contribution < -0.4 is 9.47 Å². The Hall–Kier alpha value is -2.27. The van der Waals surface area contributed by atoms with E-state index in [2.05, 4.69) is 6.58 Å². The number of rotatable bonds is 6. The van der Waals surface area contributed by atoms with Crippen LogP contribution in [0.4, 0.5) is 0 Å². The monoisotopic (exact) mass is 303 g/mol. The average molecular weight is 303 g/mol. The van der Waals surface area contributed by atoms with E-state index < -0.39 is 0 Å². The summed E-state index contributed by atoms with van der Waals surface area (Å²) in [6.07, 6.45) is 5.02. The van der Waals surface area contributed by atoms with Gasteiger partial charge in [-0.05, 0) is 23.8 Å². The zero-order chi connectivity index (χ0) is 15.8. The highest BCUT2D eigenvalue weighted by molar-refractivity contribution is 5.91. The topological polar surface area (TPSA) is 48.0 Å². The molecule has 1 aromatic carbocycles. The Balaban J connectivity index is 2.03. The van der Waals surface area contributed by atoms with Gasteiger partial charge in [-0.2, -0.15) is 0 Å². The molecule has 1 aliphatic heterocycles. The Morgan fingerprint density at radius 3 is 2.82 bits per heavy atom. The third kappa shape index (κ3) is 4.36. The SMILES string of the molecule is C=CCOc1ccc(C=CC(=O)N2CCOCC2)cc1OC. The first kappa shape index (κ1) is 16.1. The maximum atomic E-state index is 12.1. The van der Waals surface area contributed by atoms with Crippen LogP contribution in [0.5, 0.6) is 11.5 Å². The standard InChI is InChI=1S/C17H21NO4/c1-3-10-22-15-6-4-14(13-16(15)20-2)5-7-17(19)18-8-11-21-12-9-18/h3-7,13H,1,8-12H2,2H3. The second-order valence-electron chi connectivity index (χ2n) is 4.78. The second kappa shape index (κ2) is 8.24. The molecule has 1 aliphatic rings. The Bertz CT molecular complexity index is 548. The fraction of sp³-hybridized carbons (Fsp3) is 0.353. The lowest BCUT2D eigenvalue weighted by atomic mass is 10.2. The maximum absolute atomic E-state index is 12.1. The molecule has 0 aromatic heterocycles. The quantitative estimate of drug-likeness (QED) is 0.597. The number of carbonyl (C=O) groups is 1. The molecule has 5 heteroatoms. The van der Waals surface area contributed by atoms with Crippen molar-refractivity contribution in [3.05, 3.63) is 42.5 Å². The fourth-order valence-electron chi connectivity index (χ4n) is 2.11. The normalized spacial score (nSPS) is 14.9. The molecule has 0 N–H and O–H groups in total. The van der Waals surface area contributed by atoms with E-state index in [9.17, 15) is 4.79 Å². The van der Waals surface area contributed by atoms with Gasteiger partial charge in [0.15, 0.2) is 11.5 Å². The Morgan fingerprint density at radius 1 is 1.36 bits per heavy atom. The number of carbonyl (C=O) groups excluding carboxylic acids is 1. The summed E-state index contributed by atoms with van der Waals surface area (Å²) >= 11 is 0. The minimum atomic E-state index is -0.00532. The summed E-state index contributed by atoms with van der Waals surface area (Å²) in [6.45, 7) is 6.51. The Labute approximate surface area is 130 Å². The van der Waals surface area contributed by atoms with Crippen LogP contribution in [-0.4, -0.2) is 50.8 Å². The van der Waals surface area contributed by atoms with E-state index >= 15 is 0 Å². The van der Waals surface area contributed by atoms with E-state index in [1.165, 1.54) is 0 Å². The molecule has 0 bridgehead atoms. The van der Waals surface area contributed by atoms with Gasteiger partial charge in [-0.1, -0.05) is 18.7 Å². The molecule has 1 saturated heterocycles. The molecule has 1 heterocycles. The Morgan fingerprint density at radius 2 is 2.14 bits per heavy atom. The number of amides is 1. The van der Waals surface area contributed by atoms with Crippen molar-refractivity contribution in [2.45, 2.75) is 0 Å². The zero-order valence-electron chi connectivity index (χ0n) is 12.8. The third-order valence-electron chi connectivity index (χ3n) is 3.29. The van der Waals surface area contributed by atoms with E-state index in [-0.39, 0.29) is 5.91 Å². The van der Waals surface area contributed by atoms with Gasteiger partial charge in [0.2, 0.25) is 5.91 Å². The van der Waals surface area contributed by atoms with Crippen LogP contribution in [0.3, 0.4) is 0 Å². The minimum absolute atomic E-state index is 0.00532. The number of morpholine rings is 1. The number of benzene rings is 1. The van der Waals surface area contributed by atoms with Crippen LogP contribution in [-0.2, 0) is 9.53 Å². The highest BCUT2D eigenvalue weighted by Crippen LogP contribution is 2.28. The lowest BCUT2D eigenvalue weighted by molar-refractivity contribution is -0.129. The van der Waals surface area contributed by atoms with Gasteiger partial charge < -0.3 is 19.1 Å². The van der Waals surface area contributed by atoms with Crippen LogP contribution >= 0.6 is 0 Å². The number of nitrogens with zero attached hydrogens (tertiary/aromatic N) is 1. The highest BCUT2D eigenvalue weighted by Gasteiger charge is 2.14. The number of methoxy groups -OCH3 is 1. The molecule has 5 nitrogen and oxygen atoms in total. The van der Waals surface area contributed by atoms with Crippen LogP contribution in [0.15, 0.2) is 36.9 Å². The highest BCUT2D eigenvalue weighted by atomic mass is 16.5. The van der Waals surface area contributed by atoms with Gasteiger partial charge in [0.1, 0.15) is 6.61 Å². The van der Waals surface area contributed by atoms with Crippen molar-refractivity contribution < 1.29 is 19.0 Å². The molecule has 0 atom stereocenters. The summed E-state index contributed by atoms with van der Waals surface area (Å²) in [7, 11) is 1.59. The van der Waals surface area contributed by atoms with Gasteiger partial charge in [0.25, 0.3) is 0 Å². The Kier molecular flexibility index (Phi) is 6.03.